The summed E-state index contributed by atoms with van der Waals surface area (Å²) < 4.78 is 5.21. The molecule has 2 aromatic rings. The Kier molecular flexibility index (Phi) is 4.78. The predicted molar refractivity (Wildman–Crippen MR) is 112 cm³/mol. The largest absolute Gasteiger partial charge is 0.504 e. The van der Waals surface area contributed by atoms with Crippen molar-refractivity contribution in [1.82, 2.24) is 5.32 Å². The summed E-state index contributed by atoms with van der Waals surface area (Å²) in [5.41, 5.74) is 2.93. The molecule has 2 atom stereocenters. The molecule has 150 valence electrons. The van der Waals surface area contributed by atoms with Crippen molar-refractivity contribution < 1.29 is 14.6 Å². The molecule has 1 amide bonds. The van der Waals surface area contributed by atoms with E-state index in [1.807, 2.05) is 6.07 Å². The summed E-state index contributed by atoms with van der Waals surface area (Å²) in [6.45, 7) is 6.96. The van der Waals surface area contributed by atoms with Crippen LogP contribution < -0.4 is 15.4 Å². The molecule has 3 N–H and O–H groups in total. The van der Waals surface area contributed by atoms with Gasteiger partial charge in [-0.25, -0.2) is 0 Å². The molecule has 0 saturated carbocycles. The molecule has 1 aliphatic carbocycles. The van der Waals surface area contributed by atoms with Crippen LogP contribution in [-0.2, 0) is 12.8 Å². The Balaban J connectivity index is 1.65. The van der Waals surface area contributed by atoms with Gasteiger partial charge in [0.15, 0.2) is 11.5 Å². The number of para-hydroxylation sites is 1. The number of fused-ring (bicyclic) bond motifs is 3. The van der Waals surface area contributed by atoms with Gasteiger partial charge in [0.25, 0.3) is 5.91 Å². The lowest BCUT2D eigenvalue weighted by molar-refractivity contribution is 0.0934. The summed E-state index contributed by atoms with van der Waals surface area (Å²) >= 11 is 1.70. The molecular formula is C22H28N2O3S. The second kappa shape index (κ2) is 6.99. The first-order chi connectivity index (χ1) is 13.4. The van der Waals surface area contributed by atoms with Crippen molar-refractivity contribution in [2.75, 3.05) is 12.4 Å². The maximum atomic E-state index is 12.9. The monoisotopic (exact) mass is 400 g/mol. The maximum Gasteiger partial charge on any atom is 0.256 e. The summed E-state index contributed by atoms with van der Waals surface area (Å²) in [5, 5.41) is 17.8. The number of aromatic hydroxyl groups is 1. The lowest BCUT2D eigenvalue weighted by Gasteiger charge is -2.36. The fraction of sp³-hybridized carbons (Fsp3) is 0.500. The molecule has 5 nitrogen and oxygen atoms in total. The molecule has 0 unspecified atom stereocenters. The first-order valence-electron chi connectivity index (χ1n) is 9.93. The zero-order valence-corrected chi connectivity index (χ0v) is 17.7. The van der Waals surface area contributed by atoms with Gasteiger partial charge in [0.2, 0.25) is 0 Å². The maximum absolute atomic E-state index is 12.9. The average molecular weight is 401 g/mol. The SMILES string of the molecule is CCC(C)(C)[C@H]1CCc2c(sc3c2C(=O)N[C@H](c2cccc(OC)c2O)N3)C1. The van der Waals surface area contributed by atoms with Crippen molar-refractivity contribution in [2.45, 2.75) is 52.6 Å². The third-order valence-corrected chi connectivity index (χ3v) is 7.81. The molecule has 0 spiro atoms. The molecule has 28 heavy (non-hydrogen) atoms. The molecule has 2 heterocycles. The summed E-state index contributed by atoms with van der Waals surface area (Å²) in [7, 11) is 1.52. The number of carbonyl (C=O) groups is 1. The highest BCUT2D eigenvalue weighted by Crippen LogP contribution is 2.47. The summed E-state index contributed by atoms with van der Waals surface area (Å²) in [6.07, 6.45) is 3.81. The fourth-order valence-electron chi connectivity index (χ4n) is 4.35. The highest BCUT2D eigenvalue weighted by molar-refractivity contribution is 7.16. The molecular weight excluding hydrogens is 372 g/mol. The Morgan fingerprint density at radius 1 is 1.32 bits per heavy atom. The number of benzene rings is 1. The molecule has 0 saturated heterocycles. The lowest BCUT2D eigenvalue weighted by atomic mass is 9.69. The minimum Gasteiger partial charge on any atom is -0.504 e. The second-order valence-electron chi connectivity index (χ2n) is 8.44. The highest BCUT2D eigenvalue weighted by Gasteiger charge is 2.37. The molecule has 0 radical (unpaired) electrons. The molecule has 4 rings (SSSR count). The van der Waals surface area contributed by atoms with Crippen LogP contribution in [0.2, 0.25) is 0 Å². The number of hydrogen-bond acceptors (Lipinski definition) is 5. The van der Waals surface area contributed by atoms with E-state index in [-0.39, 0.29) is 11.7 Å². The van der Waals surface area contributed by atoms with E-state index in [1.165, 1.54) is 17.6 Å². The van der Waals surface area contributed by atoms with Gasteiger partial charge in [-0.1, -0.05) is 39.3 Å². The van der Waals surface area contributed by atoms with Crippen LogP contribution in [-0.4, -0.2) is 18.1 Å². The van der Waals surface area contributed by atoms with E-state index in [9.17, 15) is 9.90 Å². The minimum atomic E-state index is -0.474. The van der Waals surface area contributed by atoms with E-state index < -0.39 is 6.17 Å². The summed E-state index contributed by atoms with van der Waals surface area (Å²) in [5.74, 6) is 1.03. The molecule has 2 aliphatic rings. The Bertz CT molecular complexity index is 919. The van der Waals surface area contributed by atoms with Gasteiger partial charge >= 0.3 is 0 Å². The highest BCUT2D eigenvalue weighted by atomic mass is 32.1. The Labute approximate surface area is 170 Å². The van der Waals surface area contributed by atoms with Crippen molar-refractivity contribution in [3.63, 3.8) is 0 Å². The van der Waals surface area contributed by atoms with Crippen molar-refractivity contribution in [3.8, 4) is 11.5 Å². The second-order valence-corrected chi connectivity index (χ2v) is 9.54. The molecule has 0 fully saturated rings. The smallest absolute Gasteiger partial charge is 0.256 e. The Hall–Kier alpha value is -2.21. The number of nitrogens with one attached hydrogen (secondary N) is 2. The van der Waals surface area contributed by atoms with Crippen LogP contribution in [0.15, 0.2) is 18.2 Å². The van der Waals surface area contributed by atoms with Gasteiger partial charge in [0.1, 0.15) is 11.2 Å². The van der Waals surface area contributed by atoms with Crippen LogP contribution in [0.25, 0.3) is 0 Å². The van der Waals surface area contributed by atoms with Crippen molar-refractivity contribution >= 4 is 22.2 Å². The first kappa shape index (κ1) is 19.1. The number of phenols is 1. The molecule has 6 heteroatoms. The number of thiophene rings is 1. The van der Waals surface area contributed by atoms with E-state index >= 15 is 0 Å². The van der Waals surface area contributed by atoms with Gasteiger partial charge < -0.3 is 20.5 Å². The van der Waals surface area contributed by atoms with Crippen LogP contribution in [0.5, 0.6) is 11.5 Å². The minimum absolute atomic E-state index is 0.0531. The van der Waals surface area contributed by atoms with Gasteiger partial charge in [-0.2, -0.15) is 0 Å². The van der Waals surface area contributed by atoms with Gasteiger partial charge in [0.05, 0.1) is 12.7 Å². The number of methoxy groups -OCH3 is 1. The zero-order valence-electron chi connectivity index (χ0n) is 16.9. The number of hydrogen-bond donors (Lipinski definition) is 3. The number of anilines is 1. The van der Waals surface area contributed by atoms with Crippen molar-refractivity contribution in [3.05, 3.63) is 39.8 Å². The topological polar surface area (TPSA) is 70.6 Å². The number of rotatable bonds is 4. The van der Waals surface area contributed by atoms with E-state index in [1.54, 1.807) is 23.5 Å². The molecule has 0 bridgehead atoms. The van der Waals surface area contributed by atoms with Gasteiger partial charge in [0, 0.05) is 10.4 Å². The lowest BCUT2D eigenvalue weighted by Crippen LogP contribution is -2.38. The third kappa shape index (κ3) is 3.04. The third-order valence-electron chi connectivity index (χ3n) is 6.62. The Morgan fingerprint density at radius 3 is 2.82 bits per heavy atom. The molecule has 1 aromatic heterocycles. The normalized spacial score (nSPS) is 21.4. The first-order valence-corrected chi connectivity index (χ1v) is 10.7. The van der Waals surface area contributed by atoms with Gasteiger partial charge in [-0.15, -0.1) is 11.3 Å². The van der Waals surface area contributed by atoms with Gasteiger partial charge in [-0.3, -0.25) is 4.79 Å². The molecule has 1 aromatic carbocycles. The zero-order chi connectivity index (χ0) is 20.1. The quantitative estimate of drug-likeness (QED) is 0.686. The number of amides is 1. The predicted octanol–water partition coefficient (Wildman–Crippen LogP) is 4.86. The van der Waals surface area contributed by atoms with Crippen LogP contribution in [0.4, 0.5) is 5.00 Å². The van der Waals surface area contributed by atoms with Crippen LogP contribution in [0, 0.1) is 11.3 Å². The standard InChI is InChI=1S/C22H28N2O3S/c1-5-22(2,3)12-9-10-13-16(11-12)28-21-17(13)20(26)23-19(24-21)14-7-6-8-15(27-4)18(14)25/h6-8,12,19,24-25H,5,9-11H2,1-4H3,(H,23,26)/t12-,19-/m0/s1. The van der Waals surface area contributed by atoms with E-state index in [0.29, 0.717) is 22.6 Å². The Morgan fingerprint density at radius 2 is 2.11 bits per heavy atom. The van der Waals surface area contributed by atoms with Crippen LogP contribution in [0.3, 0.4) is 0 Å². The van der Waals surface area contributed by atoms with Gasteiger partial charge in [-0.05, 0) is 42.2 Å². The van der Waals surface area contributed by atoms with Crippen molar-refractivity contribution in [1.29, 1.82) is 0 Å². The molecule has 1 aliphatic heterocycles. The fourth-order valence-corrected chi connectivity index (χ4v) is 5.70. The number of phenolic OH excluding ortho intramolecular Hbond substituents is 1. The van der Waals surface area contributed by atoms with Crippen LogP contribution >= 0.6 is 11.3 Å². The van der Waals surface area contributed by atoms with Crippen LogP contribution in [0.1, 0.15) is 66.1 Å². The summed E-state index contributed by atoms with van der Waals surface area (Å²) in [6, 6.07) is 5.32. The average Bonchev–Trinajstić information content (AvgIpc) is 3.06. The van der Waals surface area contributed by atoms with E-state index in [2.05, 4.69) is 31.4 Å². The number of carbonyl (C=O) groups excluding carboxylic acids is 1. The number of ether oxygens (including phenoxy) is 1. The van der Waals surface area contributed by atoms with E-state index in [0.717, 1.165) is 36.2 Å². The van der Waals surface area contributed by atoms with Crippen molar-refractivity contribution in [2.24, 2.45) is 11.3 Å². The van der Waals surface area contributed by atoms with E-state index in [4.69, 9.17) is 4.74 Å². The summed E-state index contributed by atoms with van der Waals surface area (Å²) in [4.78, 5) is 14.3.